The Bertz CT molecular complexity index is 279. The van der Waals surface area contributed by atoms with Crippen LogP contribution >= 0.6 is 11.8 Å². The fourth-order valence-corrected chi connectivity index (χ4v) is 1.49. The van der Waals surface area contributed by atoms with Gasteiger partial charge in [-0.05, 0) is 27.7 Å². The summed E-state index contributed by atoms with van der Waals surface area (Å²) in [6.45, 7) is 7.61. The molecule has 0 fully saturated rings. The van der Waals surface area contributed by atoms with Crippen molar-refractivity contribution in [2.24, 2.45) is 0 Å². The van der Waals surface area contributed by atoms with Crippen molar-refractivity contribution in [2.45, 2.75) is 33.3 Å². The van der Waals surface area contributed by atoms with Gasteiger partial charge in [0.15, 0.2) is 0 Å². The van der Waals surface area contributed by atoms with Crippen molar-refractivity contribution >= 4 is 23.7 Å². The van der Waals surface area contributed by atoms with Crippen molar-refractivity contribution in [1.82, 2.24) is 0 Å². The molecule has 0 saturated heterocycles. The predicted octanol–water partition coefficient (Wildman–Crippen LogP) is 2.18. The van der Waals surface area contributed by atoms with Gasteiger partial charge < -0.3 is 9.47 Å². The summed E-state index contributed by atoms with van der Waals surface area (Å²) in [5.41, 5.74) is -0.446. The summed E-state index contributed by atoms with van der Waals surface area (Å²) < 4.78 is 9.84. The van der Waals surface area contributed by atoms with Gasteiger partial charge in [-0.3, -0.25) is 4.79 Å². The van der Waals surface area contributed by atoms with E-state index in [0.717, 1.165) is 0 Å². The van der Waals surface area contributed by atoms with Crippen molar-refractivity contribution in [3.05, 3.63) is 12.2 Å². The van der Waals surface area contributed by atoms with Crippen LogP contribution in [-0.4, -0.2) is 35.7 Å². The summed E-state index contributed by atoms with van der Waals surface area (Å²) in [6.07, 6.45) is 3.04. The molecule has 98 valence electrons. The second-order valence-electron chi connectivity index (χ2n) is 4.26. The van der Waals surface area contributed by atoms with Crippen LogP contribution in [0.1, 0.15) is 27.7 Å². The molecule has 0 unspecified atom stereocenters. The summed E-state index contributed by atoms with van der Waals surface area (Å²) in [5, 5.41) is 0. The molecule has 0 rings (SSSR count). The average molecular weight is 260 g/mol. The molecule has 0 aromatic rings. The Labute approximate surface area is 107 Å². The summed E-state index contributed by atoms with van der Waals surface area (Å²) in [6, 6.07) is 0. The van der Waals surface area contributed by atoms with Gasteiger partial charge in [-0.1, -0.05) is 6.08 Å². The SMILES string of the molecule is CCOC(=O)/C=C/CSCC(=O)OC(C)(C)C. The number of carbonyl (C=O) groups excluding carboxylic acids is 2. The first-order valence-corrected chi connectivity index (χ1v) is 6.63. The number of carbonyl (C=O) groups is 2. The molecule has 0 atom stereocenters. The zero-order valence-electron chi connectivity index (χ0n) is 10.8. The highest BCUT2D eigenvalue weighted by Crippen LogP contribution is 2.09. The Balaban J connectivity index is 3.64. The van der Waals surface area contributed by atoms with Gasteiger partial charge in [-0.25, -0.2) is 4.79 Å². The molecular formula is C12H20O4S. The molecule has 4 nitrogen and oxygen atoms in total. The Hall–Kier alpha value is -0.970. The largest absolute Gasteiger partial charge is 0.463 e. The molecule has 5 heteroatoms. The van der Waals surface area contributed by atoms with Gasteiger partial charge in [-0.2, -0.15) is 0 Å². The minimum Gasteiger partial charge on any atom is -0.463 e. The molecule has 17 heavy (non-hydrogen) atoms. The van der Waals surface area contributed by atoms with E-state index in [4.69, 9.17) is 9.47 Å². The van der Waals surface area contributed by atoms with Crippen molar-refractivity contribution in [2.75, 3.05) is 18.1 Å². The molecule has 0 aromatic heterocycles. The maximum atomic E-state index is 11.3. The van der Waals surface area contributed by atoms with Crippen molar-refractivity contribution in [3.8, 4) is 0 Å². The van der Waals surface area contributed by atoms with E-state index in [0.29, 0.717) is 12.4 Å². The number of thioether (sulfide) groups is 1. The van der Waals surface area contributed by atoms with E-state index in [-0.39, 0.29) is 17.7 Å². The quantitative estimate of drug-likeness (QED) is 0.416. The van der Waals surface area contributed by atoms with Crippen LogP contribution in [0.5, 0.6) is 0 Å². The Morgan fingerprint density at radius 2 is 1.94 bits per heavy atom. The van der Waals surface area contributed by atoms with Crippen LogP contribution in [0.3, 0.4) is 0 Å². The van der Waals surface area contributed by atoms with Gasteiger partial charge in [0.1, 0.15) is 5.60 Å². The minimum absolute atomic E-state index is 0.243. The van der Waals surface area contributed by atoms with Crippen LogP contribution in [0.25, 0.3) is 0 Å². The first-order chi connectivity index (χ1) is 7.85. The van der Waals surface area contributed by atoms with Crippen LogP contribution < -0.4 is 0 Å². The highest BCUT2D eigenvalue weighted by atomic mass is 32.2. The van der Waals surface area contributed by atoms with E-state index in [1.807, 2.05) is 20.8 Å². The molecule has 0 aromatic carbocycles. The van der Waals surface area contributed by atoms with Crippen LogP contribution in [0.15, 0.2) is 12.2 Å². The zero-order valence-corrected chi connectivity index (χ0v) is 11.6. The fraction of sp³-hybridized carbons (Fsp3) is 0.667. The lowest BCUT2D eigenvalue weighted by Gasteiger charge is -2.19. The topological polar surface area (TPSA) is 52.6 Å². The van der Waals surface area contributed by atoms with Crippen molar-refractivity contribution in [1.29, 1.82) is 0 Å². The van der Waals surface area contributed by atoms with Crippen LogP contribution in [0, 0.1) is 0 Å². The second-order valence-corrected chi connectivity index (χ2v) is 5.29. The van der Waals surface area contributed by atoms with Crippen molar-refractivity contribution < 1.29 is 19.1 Å². The molecule has 0 aliphatic heterocycles. The molecule has 0 bridgehead atoms. The second kappa shape index (κ2) is 8.17. The number of hydrogen-bond donors (Lipinski definition) is 0. The first kappa shape index (κ1) is 16.0. The van der Waals surface area contributed by atoms with E-state index in [9.17, 15) is 9.59 Å². The van der Waals surface area contributed by atoms with Crippen molar-refractivity contribution in [3.63, 3.8) is 0 Å². The lowest BCUT2D eigenvalue weighted by Crippen LogP contribution is -2.24. The average Bonchev–Trinajstić information content (AvgIpc) is 2.14. The normalized spacial score (nSPS) is 11.5. The van der Waals surface area contributed by atoms with Gasteiger partial charge in [0.05, 0.1) is 12.4 Å². The number of rotatable bonds is 6. The maximum absolute atomic E-state index is 11.3. The van der Waals surface area contributed by atoms with E-state index in [1.54, 1.807) is 13.0 Å². The van der Waals surface area contributed by atoms with Crippen LogP contribution in [0.4, 0.5) is 0 Å². The van der Waals surface area contributed by atoms with Crippen LogP contribution in [-0.2, 0) is 19.1 Å². The summed E-state index contributed by atoms with van der Waals surface area (Å²) >= 11 is 1.39. The lowest BCUT2D eigenvalue weighted by atomic mass is 10.2. The van der Waals surface area contributed by atoms with E-state index >= 15 is 0 Å². The molecule has 0 aliphatic carbocycles. The minimum atomic E-state index is -0.446. The van der Waals surface area contributed by atoms with E-state index in [1.165, 1.54) is 17.8 Å². The molecule has 0 amide bonds. The highest BCUT2D eigenvalue weighted by molar-refractivity contribution is 8.00. The molecular weight excluding hydrogens is 240 g/mol. The number of ether oxygens (including phenoxy) is 2. The van der Waals surface area contributed by atoms with Gasteiger partial charge in [0.25, 0.3) is 0 Å². The van der Waals surface area contributed by atoms with E-state index in [2.05, 4.69) is 0 Å². The maximum Gasteiger partial charge on any atom is 0.330 e. The van der Waals surface area contributed by atoms with Gasteiger partial charge in [-0.15, -0.1) is 11.8 Å². The summed E-state index contributed by atoms with van der Waals surface area (Å²) in [4.78, 5) is 22.2. The summed E-state index contributed by atoms with van der Waals surface area (Å²) in [7, 11) is 0. The van der Waals surface area contributed by atoms with Gasteiger partial charge in [0.2, 0.25) is 0 Å². The molecule has 0 saturated carbocycles. The standard InChI is InChI=1S/C12H20O4S/c1-5-15-10(13)7-6-8-17-9-11(14)16-12(2,3)4/h6-7H,5,8-9H2,1-4H3/b7-6+. The number of esters is 2. The highest BCUT2D eigenvalue weighted by Gasteiger charge is 2.15. The lowest BCUT2D eigenvalue weighted by molar-refractivity contribution is -0.151. The first-order valence-electron chi connectivity index (χ1n) is 5.48. The molecule has 0 aliphatic rings. The van der Waals surface area contributed by atoms with Gasteiger partial charge in [0, 0.05) is 11.8 Å². The number of hydrogen-bond acceptors (Lipinski definition) is 5. The fourth-order valence-electron chi connectivity index (χ4n) is 0.916. The Kier molecular flexibility index (Phi) is 7.70. The Morgan fingerprint density at radius 3 is 2.47 bits per heavy atom. The predicted molar refractivity (Wildman–Crippen MR) is 68.9 cm³/mol. The smallest absolute Gasteiger partial charge is 0.330 e. The van der Waals surface area contributed by atoms with Gasteiger partial charge >= 0.3 is 11.9 Å². The molecule has 0 radical (unpaired) electrons. The summed E-state index contributed by atoms with van der Waals surface area (Å²) in [5.74, 6) is 0.264. The molecule has 0 spiro atoms. The van der Waals surface area contributed by atoms with E-state index < -0.39 is 5.60 Å². The molecule has 0 N–H and O–H groups in total. The third-order valence-corrected chi connectivity index (χ3v) is 2.26. The third kappa shape index (κ3) is 11.3. The molecule has 0 heterocycles. The third-order valence-electron chi connectivity index (χ3n) is 1.39. The monoisotopic (exact) mass is 260 g/mol. The van der Waals surface area contributed by atoms with Crippen LogP contribution in [0.2, 0.25) is 0 Å². The Morgan fingerprint density at radius 1 is 1.29 bits per heavy atom. The zero-order chi connectivity index (χ0) is 13.3.